The van der Waals surface area contributed by atoms with E-state index in [0.29, 0.717) is 26.2 Å². The van der Waals surface area contributed by atoms with Gasteiger partial charge >= 0.3 is 5.97 Å². The van der Waals surface area contributed by atoms with E-state index in [1.165, 1.54) is 0 Å². The maximum Gasteiger partial charge on any atom is 0.303 e. The van der Waals surface area contributed by atoms with Crippen molar-refractivity contribution >= 4 is 17.7 Å². The highest BCUT2D eigenvalue weighted by molar-refractivity contribution is 5.94. The predicted molar refractivity (Wildman–Crippen MR) is 67.5 cm³/mol. The molecule has 2 heterocycles. The van der Waals surface area contributed by atoms with Gasteiger partial charge in [0.25, 0.3) is 0 Å². The molecule has 2 saturated heterocycles. The number of carbonyl (C=O) groups excluding carboxylic acids is 2. The summed E-state index contributed by atoms with van der Waals surface area (Å²) in [5.41, 5.74) is -1.10. The van der Waals surface area contributed by atoms with Crippen LogP contribution in [-0.4, -0.2) is 53.8 Å². The van der Waals surface area contributed by atoms with E-state index in [-0.39, 0.29) is 24.5 Å². The molecule has 19 heavy (non-hydrogen) atoms. The number of ketones is 1. The largest absolute Gasteiger partial charge is 0.481 e. The Morgan fingerprint density at radius 2 is 1.74 bits per heavy atom. The van der Waals surface area contributed by atoms with E-state index < -0.39 is 16.8 Å². The van der Waals surface area contributed by atoms with Crippen LogP contribution in [0.3, 0.4) is 0 Å². The number of hydrogen-bond donors (Lipinski definition) is 2. The number of aliphatic carboxylic acids is 1. The van der Waals surface area contributed by atoms with Gasteiger partial charge in [-0.15, -0.1) is 0 Å². The molecule has 2 fully saturated rings. The summed E-state index contributed by atoms with van der Waals surface area (Å²) in [5.74, 6) is -0.934. The lowest BCUT2D eigenvalue weighted by atomic mass is 9.65. The number of piperidine rings is 2. The molecule has 0 aromatic heterocycles. The number of rotatable bonds is 3. The Labute approximate surface area is 112 Å². The summed E-state index contributed by atoms with van der Waals surface area (Å²) in [4.78, 5) is 36.7. The fourth-order valence-corrected chi connectivity index (χ4v) is 3.21. The third kappa shape index (κ3) is 2.49. The molecule has 1 amide bonds. The minimum atomic E-state index is -0.972. The number of nitrogens with zero attached hydrogens (tertiary/aromatic N) is 1. The highest BCUT2D eigenvalue weighted by atomic mass is 16.4. The van der Waals surface area contributed by atoms with E-state index in [4.69, 9.17) is 5.11 Å². The molecular formula is C13H20N2O4. The van der Waals surface area contributed by atoms with Gasteiger partial charge in [-0.25, -0.2) is 0 Å². The number of Topliss-reactive ketones (excluding diaryl/α,β-unsaturated/α-hetero) is 1. The van der Waals surface area contributed by atoms with Gasteiger partial charge in [-0.1, -0.05) is 0 Å². The van der Waals surface area contributed by atoms with Gasteiger partial charge in [-0.05, 0) is 13.8 Å². The van der Waals surface area contributed by atoms with Crippen molar-refractivity contribution in [2.45, 2.75) is 26.7 Å². The minimum absolute atomic E-state index is 0.00309. The Morgan fingerprint density at radius 1 is 1.21 bits per heavy atom. The molecular weight excluding hydrogens is 248 g/mol. The van der Waals surface area contributed by atoms with Crippen LogP contribution in [0, 0.1) is 10.8 Å². The van der Waals surface area contributed by atoms with E-state index in [0.717, 1.165) is 0 Å². The first-order valence-electron chi connectivity index (χ1n) is 6.52. The number of carboxylic acids is 1. The molecule has 2 N–H and O–H groups in total. The standard InChI is InChI=1S/C13H20N2O4/c1-12-5-14-6-13(2,11(12)19)8-15(7-12)9(16)3-4-10(17)18/h14H,3-8H2,1-2H3,(H,17,18). The lowest BCUT2D eigenvalue weighted by Crippen LogP contribution is -2.68. The van der Waals surface area contributed by atoms with Crippen LogP contribution in [0.25, 0.3) is 0 Å². The number of carbonyl (C=O) groups is 3. The molecule has 0 aromatic rings. The highest BCUT2D eigenvalue weighted by Crippen LogP contribution is 2.39. The number of amides is 1. The molecule has 2 aliphatic rings. The summed E-state index contributed by atoms with van der Waals surface area (Å²) in [7, 11) is 0. The van der Waals surface area contributed by atoms with Gasteiger partial charge in [-0.2, -0.15) is 0 Å². The van der Waals surface area contributed by atoms with E-state index in [1.807, 2.05) is 13.8 Å². The van der Waals surface area contributed by atoms with Crippen LogP contribution in [0.1, 0.15) is 26.7 Å². The molecule has 0 saturated carbocycles. The maximum absolute atomic E-state index is 12.4. The van der Waals surface area contributed by atoms with Gasteiger partial charge in [0.05, 0.1) is 17.3 Å². The molecule has 2 rings (SSSR count). The van der Waals surface area contributed by atoms with Crippen molar-refractivity contribution in [3.8, 4) is 0 Å². The quantitative estimate of drug-likeness (QED) is 0.745. The van der Waals surface area contributed by atoms with Gasteiger partial charge in [0.1, 0.15) is 0 Å². The Hall–Kier alpha value is -1.43. The van der Waals surface area contributed by atoms with Crippen LogP contribution >= 0.6 is 0 Å². The smallest absolute Gasteiger partial charge is 0.303 e. The van der Waals surface area contributed by atoms with Gasteiger partial charge < -0.3 is 15.3 Å². The fraction of sp³-hybridized carbons (Fsp3) is 0.769. The molecule has 2 unspecified atom stereocenters. The van der Waals surface area contributed by atoms with Crippen molar-refractivity contribution in [1.29, 1.82) is 0 Å². The molecule has 2 aliphatic heterocycles. The molecule has 6 nitrogen and oxygen atoms in total. The number of fused-ring (bicyclic) bond motifs is 2. The third-order valence-electron chi connectivity index (χ3n) is 4.11. The number of hydrogen-bond acceptors (Lipinski definition) is 4. The van der Waals surface area contributed by atoms with Gasteiger partial charge in [0, 0.05) is 32.6 Å². The summed E-state index contributed by atoms with van der Waals surface area (Å²) in [6.07, 6.45) is -0.155. The van der Waals surface area contributed by atoms with Crippen molar-refractivity contribution in [3.05, 3.63) is 0 Å². The number of nitrogens with one attached hydrogen (secondary N) is 1. The van der Waals surface area contributed by atoms with Crippen LogP contribution in [0.4, 0.5) is 0 Å². The minimum Gasteiger partial charge on any atom is -0.481 e. The lowest BCUT2D eigenvalue weighted by molar-refractivity contribution is -0.156. The highest BCUT2D eigenvalue weighted by Gasteiger charge is 2.54. The van der Waals surface area contributed by atoms with Crippen LogP contribution in [0.15, 0.2) is 0 Å². The van der Waals surface area contributed by atoms with Gasteiger partial charge in [0.2, 0.25) is 5.91 Å². The van der Waals surface area contributed by atoms with E-state index in [9.17, 15) is 14.4 Å². The summed E-state index contributed by atoms with van der Waals surface area (Å²) >= 11 is 0. The summed E-state index contributed by atoms with van der Waals surface area (Å²) < 4.78 is 0. The molecule has 0 aliphatic carbocycles. The average molecular weight is 268 g/mol. The second-order valence-corrected chi connectivity index (χ2v) is 6.20. The Bertz CT molecular complexity index is 414. The summed E-state index contributed by atoms with van der Waals surface area (Å²) in [5, 5.41) is 11.9. The van der Waals surface area contributed by atoms with Gasteiger partial charge in [-0.3, -0.25) is 14.4 Å². The third-order valence-corrected chi connectivity index (χ3v) is 4.11. The molecule has 106 valence electrons. The Balaban J connectivity index is 2.11. The normalized spacial score (nSPS) is 34.2. The van der Waals surface area contributed by atoms with E-state index in [1.54, 1.807) is 4.90 Å². The van der Waals surface area contributed by atoms with Crippen LogP contribution in [0.5, 0.6) is 0 Å². The maximum atomic E-state index is 12.4. The SMILES string of the molecule is CC12CNCC(C)(CN(C(=O)CCC(=O)O)C1)C2=O. The predicted octanol–water partition coefficient (Wildman–Crippen LogP) is -0.122. The fourth-order valence-electron chi connectivity index (χ4n) is 3.21. The van der Waals surface area contributed by atoms with E-state index >= 15 is 0 Å². The monoisotopic (exact) mass is 268 g/mol. The number of carboxylic acid groups (broad SMARTS) is 1. The van der Waals surface area contributed by atoms with Crippen molar-refractivity contribution in [2.24, 2.45) is 10.8 Å². The first kappa shape index (κ1) is 14.0. The zero-order chi connectivity index (χ0) is 14.3. The first-order chi connectivity index (χ1) is 8.77. The second-order valence-electron chi connectivity index (χ2n) is 6.20. The summed E-state index contributed by atoms with van der Waals surface area (Å²) in [6.45, 7) is 5.65. The van der Waals surface area contributed by atoms with E-state index in [2.05, 4.69) is 5.32 Å². The molecule has 6 heteroatoms. The molecule has 2 bridgehead atoms. The van der Waals surface area contributed by atoms with Crippen molar-refractivity contribution < 1.29 is 19.5 Å². The lowest BCUT2D eigenvalue weighted by Gasteiger charge is -2.52. The number of likely N-dealkylation sites (tertiary alicyclic amines) is 1. The van der Waals surface area contributed by atoms with Crippen LogP contribution in [-0.2, 0) is 14.4 Å². The summed E-state index contributed by atoms with van der Waals surface area (Å²) in [6, 6.07) is 0. The van der Waals surface area contributed by atoms with Crippen LogP contribution in [0.2, 0.25) is 0 Å². The first-order valence-corrected chi connectivity index (χ1v) is 6.52. The Kier molecular flexibility index (Phi) is 3.38. The van der Waals surface area contributed by atoms with Crippen molar-refractivity contribution in [1.82, 2.24) is 10.2 Å². The molecule has 2 atom stereocenters. The van der Waals surface area contributed by atoms with Gasteiger partial charge in [0.15, 0.2) is 5.78 Å². The topological polar surface area (TPSA) is 86.7 Å². The molecule has 0 spiro atoms. The van der Waals surface area contributed by atoms with Crippen molar-refractivity contribution in [2.75, 3.05) is 26.2 Å². The molecule has 0 radical (unpaired) electrons. The average Bonchev–Trinajstić information content (AvgIpc) is 2.30. The zero-order valence-electron chi connectivity index (χ0n) is 11.4. The van der Waals surface area contributed by atoms with Crippen molar-refractivity contribution in [3.63, 3.8) is 0 Å². The second kappa shape index (κ2) is 4.59. The molecule has 0 aromatic carbocycles. The Morgan fingerprint density at radius 3 is 2.21 bits per heavy atom. The van der Waals surface area contributed by atoms with Crippen LogP contribution < -0.4 is 5.32 Å². The zero-order valence-corrected chi connectivity index (χ0v) is 11.4.